The lowest BCUT2D eigenvalue weighted by molar-refractivity contribution is 0.192. The summed E-state index contributed by atoms with van der Waals surface area (Å²) >= 11 is 12.5. The van der Waals surface area contributed by atoms with Gasteiger partial charge >= 0.3 is 0 Å². The second kappa shape index (κ2) is 9.11. The maximum atomic E-state index is 6.33. The third-order valence-corrected chi connectivity index (χ3v) is 5.83. The zero-order chi connectivity index (χ0) is 19.3. The van der Waals surface area contributed by atoms with Gasteiger partial charge in [0.15, 0.2) is 0 Å². The number of hydrogen-bond donors (Lipinski definition) is 1. The first-order valence-corrected chi connectivity index (χ1v) is 10.5. The quantitative estimate of drug-likeness (QED) is 0.581. The van der Waals surface area contributed by atoms with E-state index in [0.717, 1.165) is 48.7 Å². The molecule has 0 aliphatic carbocycles. The van der Waals surface area contributed by atoms with Crippen LogP contribution >= 0.6 is 23.2 Å². The Balaban J connectivity index is 1.39. The number of hydrogen-bond acceptors (Lipinski definition) is 2. The van der Waals surface area contributed by atoms with Crippen LogP contribution in [0.2, 0.25) is 10.0 Å². The zero-order valence-corrected chi connectivity index (χ0v) is 17.3. The molecule has 1 aliphatic heterocycles. The minimum Gasteiger partial charge on any atom is -0.311 e. The van der Waals surface area contributed by atoms with E-state index in [4.69, 9.17) is 23.2 Å². The molecule has 2 nitrogen and oxygen atoms in total. The average Bonchev–Trinajstić information content (AvgIpc) is 2.72. The van der Waals surface area contributed by atoms with Gasteiger partial charge in [-0.15, -0.1) is 0 Å². The summed E-state index contributed by atoms with van der Waals surface area (Å²) in [4.78, 5) is 2.53. The minimum atomic E-state index is 0.501. The van der Waals surface area contributed by atoms with E-state index in [2.05, 4.69) is 64.8 Å². The van der Waals surface area contributed by atoms with Crippen molar-refractivity contribution in [1.29, 1.82) is 0 Å². The number of piperazine rings is 1. The Morgan fingerprint density at radius 2 is 1.68 bits per heavy atom. The van der Waals surface area contributed by atoms with Crippen molar-refractivity contribution < 1.29 is 0 Å². The Bertz CT molecular complexity index is 910. The number of nitrogens with zero attached hydrogens (tertiary/aromatic N) is 1. The van der Waals surface area contributed by atoms with E-state index in [1.807, 2.05) is 18.2 Å². The molecule has 4 rings (SSSR count). The smallest absolute Gasteiger partial charge is 0.0485 e. The molecule has 4 heteroatoms. The van der Waals surface area contributed by atoms with E-state index >= 15 is 0 Å². The van der Waals surface area contributed by atoms with Crippen LogP contribution in [0.1, 0.15) is 11.1 Å². The van der Waals surface area contributed by atoms with Gasteiger partial charge in [0.25, 0.3) is 0 Å². The summed E-state index contributed by atoms with van der Waals surface area (Å²) in [6.45, 7) is 4.15. The lowest BCUT2D eigenvalue weighted by Crippen LogP contribution is -2.51. The maximum absolute atomic E-state index is 6.33. The Morgan fingerprint density at radius 3 is 2.46 bits per heavy atom. The highest BCUT2D eigenvalue weighted by molar-refractivity contribution is 6.35. The first kappa shape index (κ1) is 19.5. The second-order valence-electron chi connectivity index (χ2n) is 7.40. The van der Waals surface area contributed by atoms with Crippen LogP contribution in [0.25, 0.3) is 11.1 Å². The summed E-state index contributed by atoms with van der Waals surface area (Å²) in [5.41, 5.74) is 4.79. The van der Waals surface area contributed by atoms with Crippen molar-refractivity contribution in [2.24, 2.45) is 0 Å². The predicted molar refractivity (Wildman–Crippen MR) is 119 cm³/mol. The maximum Gasteiger partial charge on any atom is 0.0485 e. The summed E-state index contributed by atoms with van der Waals surface area (Å²) in [7, 11) is 0. The van der Waals surface area contributed by atoms with Crippen LogP contribution in [0.4, 0.5) is 0 Å². The number of halogens is 2. The molecule has 1 heterocycles. The van der Waals surface area contributed by atoms with E-state index in [-0.39, 0.29) is 0 Å². The van der Waals surface area contributed by atoms with Crippen LogP contribution in [-0.4, -0.2) is 30.6 Å². The van der Waals surface area contributed by atoms with E-state index in [1.165, 1.54) is 11.1 Å². The average molecular weight is 411 g/mol. The van der Waals surface area contributed by atoms with Crippen LogP contribution in [0, 0.1) is 0 Å². The highest BCUT2D eigenvalue weighted by Gasteiger charge is 2.19. The SMILES string of the molecule is Clc1ccc(Cl)c(-c2ccc(CN3CCN[C@H](Cc4ccccc4)C3)cc2)c1. The summed E-state index contributed by atoms with van der Waals surface area (Å²) in [6.07, 6.45) is 1.07. The molecular weight excluding hydrogens is 387 g/mol. The molecule has 1 atom stereocenters. The fourth-order valence-corrected chi connectivity index (χ4v) is 4.24. The molecule has 0 unspecified atom stereocenters. The van der Waals surface area contributed by atoms with Crippen molar-refractivity contribution in [3.05, 3.63) is 94.0 Å². The molecule has 0 spiro atoms. The van der Waals surface area contributed by atoms with Gasteiger partial charge in [0, 0.05) is 47.8 Å². The summed E-state index contributed by atoms with van der Waals surface area (Å²) in [5.74, 6) is 0. The first-order valence-electron chi connectivity index (χ1n) is 9.71. The molecular formula is C24H24Cl2N2. The molecule has 1 saturated heterocycles. The van der Waals surface area contributed by atoms with E-state index in [0.29, 0.717) is 11.1 Å². The number of nitrogens with one attached hydrogen (secondary N) is 1. The molecule has 1 fully saturated rings. The van der Waals surface area contributed by atoms with Crippen LogP contribution in [0.5, 0.6) is 0 Å². The largest absolute Gasteiger partial charge is 0.311 e. The van der Waals surface area contributed by atoms with E-state index < -0.39 is 0 Å². The molecule has 0 saturated carbocycles. The lowest BCUT2D eigenvalue weighted by atomic mass is 10.0. The highest BCUT2D eigenvalue weighted by Crippen LogP contribution is 2.30. The third kappa shape index (κ3) is 4.95. The molecule has 144 valence electrons. The first-order chi connectivity index (χ1) is 13.7. The monoisotopic (exact) mass is 410 g/mol. The lowest BCUT2D eigenvalue weighted by Gasteiger charge is -2.34. The Kier molecular flexibility index (Phi) is 6.33. The summed E-state index contributed by atoms with van der Waals surface area (Å²) in [6, 6.07) is 25.5. The number of rotatable bonds is 5. The van der Waals surface area contributed by atoms with Gasteiger partial charge in [0.1, 0.15) is 0 Å². The van der Waals surface area contributed by atoms with Crippen molar-refractivity contribution in [3.63, 3.8) is 0 Å². The standard InChI is InChI=1S/C24H24Cl2N2/c25-21-10-11-24(26)23(15-21)20-8-6-19(7-9-20)16-28-13-12-27-22(17-28)14-18-4-2-1-3-5-18/h1-11,15,22,27H,12-14,16-17H2/t22-/m1/s1. The molecule has 28 heavy (non-hydrogen) atoms. The summed E-state index contributed by atoms with van der Waals surface area (Å²) in [5, 5.41) is 5.08. The Hall–Kier alpha value is -1.84. The second-order valence-corrected chi connectivity index (χ2v) is 8.24. The van der Waals surface area contributed by atoms with Gasteiger partial charge in [0.05, 0.1) is 0 Å². The van der Waals surface area contributed by atoms with Crippen molar-refractivity contribution in [2.45, 2.75) is 19.0 Å². The normalized spacial score (nSPS) is 17.6. The summed E-state index contributed by atoms with van der Waals surface area (Å²) < 4.78 is 0. The van der Waals surface area contributed by atoms with Gasteiger partial charge in [-0.1, -0.05) is 77.8 Å². The van der Waals surface area contributed by atoms with Gasteiger partial charge in [-0.2, -0.15) is 0 Å². The van der Waals surface area contributed by atoms with Gasteiger partial charge in [0.2, 0.25) is 0 Å². The van der Waals surface area contributed by atoms with Crippen LogP contribution in [0.3, 0.4) is 0 Å². The van der Waals surface area contributed by atoms with Gasteiger partial charge in [-0.05, 0) is 41.3 Å². The molecule has 0 aromatic heterocycles. The minimum absolute atomic E-state index is 0.501. The van der Waals surface area contributed by atoms with Gasteiger partial charge in [-0.25, -0.2) is 0 Å². The molecule has 0 bridgehead atoms. The highest BCUT2D eigenvalue weighted by atomic mass is 35.5. The van der Waals surface area contributed by atoms with E-state index in [1.54, 1.807) is 0 Å². The Labute approximate surface area is 177 Å². The van der Waals surface area contributed by atoms with Gasteiger partial charge in [-0.3, -0.25) is 4.90 Å². The van der Waals surface area contributed by atoms with Gasteiger partial charge < -0.3 is 5.32 Å². The zero-order valence-electron chi connectivity index (χ0n) is 15.7. The van der Waals surface area contributed by atoms with Crippen molar-refractivity contribution >= 4 is 23.2 Å². The fraction of sp³-hybridized carbons (Fsp3) is 0.250. The van der Waals surface area contributed by atoms with Crippen LogP contribution < -0.4 is 5.32 Å². The molecule has 3 aromatic carbocycles. The Morgan fingerprint density at radius 1 is 0.893 bits per heavy atom. The van der Waals surface area contributed by atoms with Crippen molar-refractivity contribution in [2.75, 3.05) is 19.6 Å². The van der Waals surface area contributed by atoms with Crippen LogP contribution in [0.15, 0.2) is 72.8 Å². The van der Waals surface area contributed by atoms with Crippen LogP contribution in [-0.2, 0) is 13.0 Å². The molecule has 1 aliphatic rings. The molecule has 3 aromatic rings. The van der Waals surface area contributed by atoms with Crippen molar-refractivity contribution in [3.8, 4) is 11.1 Å². The predicted octanol–water partition coefficient (Wildman–Crippen LogP) is 5.68. The van der Waals surface area contributed by atoms with Crippen molar-refractivity contribution in [1.82, 2.24) is 10.2 Å². The fourth-order valence-electron chi connectivity index (χ4n) is 3.84. The molecule has 1 N–H and O–H groups in total. The van der Waals surface area contributed by atoms with E-state index in [9.17, 15) is 0 Å². The third-order valence-electron chi connectivity index (χ3n) is 5.26. The molecule has 0 amide bonds. The molecule has 0 radical (unpaired) electrons. The topological polar surface area (TPSA) is 15.3 Å². The number of benzene rings is 3.